The molecule has 132 valence electrons. The number of hydrogen-bond acceptors (Lipinski definition) is 6. The van der Waals surface area contributed by atoms with Crippen LogP contribution in [0.2, 0.25) is 0 Å². The smallest absolute Gasteiger partial charge is 0.223 e. The average Bonchev–Trinajstić information content (AvgIpc) is 2.97. The zero-order valence-electron chi connectivity index (χ0n) is 14.4. The first-order valence-corrected chi connectivity index (χ1v) is 8.60. The molecule has 1 fully saturated rings. The first kappa shape index (κ1) is 17.4. The lowest BCUT2D eigenvalue weighted by Gasteiger charge is -2.18. The summed E-state index contributed by atoms with van der Waals surface area (Å²) in [6, 6.07) is 3.77. The lowest BCUT2D eigenvalue weighted by molar-refractivity contribution is -0.128. The maximum absolute atomic E-state index is 12.0. The Kier molecular flexibility index (Phi) is 5.29. The van der Waals surface area contributed by atoms with Gasteiger partial charge in [-0.05, 0) is 18.9 Å². The molecule has 1 saturated heterocycles. The van der Waals surface area contributed by atoms with Gasteiger partial charge in [-0.3, -0.25) is 9.59 Å². The number of rotatable bonds is 6. The molecule has 0 spiro atoms. The highest BCUT2D eigenvalue weighted by molar-refractivity contribution is 5.98. The topological polar surface area (TPSA) is 95.3 Å². The number of fused-ring (bicyclic) bond motifs is 1. The standard InChI is InChI=1S/C18H22N4O3/c1-25-6-5-22-11-12(7-17(22)24)10-20-18-13(9-19)8-14-15(21-18)3-2-4-16(14)23/h8,12H,2-7,10-11H2,1H3,(H,20,21). The van der Waals surface area contributed by atoms with Gasteiger partial charge in [0.15, 0.2) is 5.78 Å². The summed E-state index contributed by atoms with van der Waals surface area (Å²) in [4.78, 5) is 30.3. The van der Waals surface area contributed by atoms with Gasteiger partial charge in [0.25, 0.3) is 0 Å². The van der Waals surface area contributed by atoms with Crippen molar-refractivity contribution in [2.45, 2.75) is 25.7 Å². The van der Waals surface area contributed by atoms with Crippen molar-refractivity contribution in [1.82, 2.24) is 9.88 Å². The molecule has 1 amide bonds. The molecule has 1 aromatic rings. The van der Waals surface area contributed by atoms with Gasteiger partial charge in [0.2, 0.25) is 5.91 Å². The predicted octanol–water partition coefficient (Wildman–Crippen LogP) is 1.38. The van der Waals surface area contributed by atoms with Crippen LogP contribution in [0.4, 0.5) is 5.82 Å². The van der Waals surface area contributed by atoms with Crippen molar-refractivity contribution in [3.8, 4) is 6.07 Å². The van der Waals surface area contributed by atoms with Crippen LogP contribution in [0.5, 0.6) is 0 Å². The zero-order valence-corrected chi connectivity index (χ0v) is 14.4. The van der Waals surface area contributed by atoms with Crippen molar-refractivity contribution in [3.05, 3.63) is 22.9 Å². The largest absolute Gasteiger partial charge is 0.383 e. The molecule has 0 aromatic carbocycles. The van der Waals surface area contributed by atoms with Gasteiger partial charge in [0.05, 0.1) is 17.9 Å². The number of ether oxygens (including phenoxy) is 1. The number of nitrogens with one attached hydrogen (secondary N) is 1. The van der Waals surface area contributed by atoms with E-state index in [9.17, 15) is 14.9 Å². The van der Waals surface area contributed by atoms with Gasteiger partial charge >= 0.3 is 0 Å². The van der Waals surface area contributed by atoms with Crippen molar-refractivity contribution in [3.63, 3.8) is 0 Å². The molecule has 7 nitrogen and oxygen atoms in total. The van der Waals surface area contributed by atoms with Crippen LogP contribution >= 0.6 is 0 Å². The molecular weight excluding hydrogens is 320 g/mol. The Balaban J connectivity index is 1.67. The molecule has 7 heteroatoms. The minimum Gasteiger partial charge on any atom is -0.383 e. The SMILES string of the molecule is COCCN1CC(CNc2nc3c(cc2C#N)C(=O)CCC3)CC1=O. The highest BCUT2D eigenvalue weighted by Gasteiger charge is 2.29. The minimum atomic E-state index is 0.0620. The number of carbonyl (C=O) groups excluding carboxylic acids is 2. The fourth-order valence-corrected chi connectivity index (χ4v) is 3.40. The van der Waals surface area contributed by atoms with Crippen LogP contribution in [0.25, 0.3) is 0 Å². The van der Waals surface area contributed by atoms with Crippen molar-refractivity contribution >= 4 is 17.5 Å². The van der Waals surface area contributed by atoms with Crippen molar-refractivity contribution in [2.75, 3.05) is 38.7 Å². The summed E-state index contributed by atoms with van der Waals surface area (Å²) >= 11 is 0. The quantitative estimate of drug-likeness (QED) is 0.839. The van der Waals surface area contributed by atoms with Crippen molar-refractivity contribution in [1.29, 1.82) is 5.26 Å². The van der Waals surface area contributed by atoms with Crippen molar-refractivity contribution in [2.24, 2.45) is 5.92 Å². The number of ketones is 1. The van der Waals surface area contributed by atoms with E-state index >= 15 is 0 Å². The maximum Gasteiger partial charge on any atom is 0.223 e. The molecule has 1 aliphatic carbocycles. The van der Waals surface area contributed by atoms with E-state index in [0.29, 0.717) is 56.0 Å². The highest BCUT2D eigenvalue weighted by atomic mass is 16.5. The Hall–Kier alpha value is -2.46. The number of Topliss-reactive ketones (excluding diaryl/α,β-unsaturated/α-hetero) is 1. The van der Waals surface area contributed by atoms with Gasteiger partial charge < -0.3 is 15.0 Å². The number of likely N-dealkylation sites (tertiary alicyclic amines) is 1. The van der Waals surface area contributed by atoms with E-state index in [2.05, 4.69) is 16.4 Å². The molecule has 2 aliphatic rings. The van der Waals surface area contributed by atoms with E-state index in [1.807, 2.05) is 0 Å². The summed E-state index contributed by atoms with van der Waals surface area (Å²) in [5, 5.41) is 12.6. The summed E-state index contributed by atoms with van der Waals surface area (Å²) in [6.45, 7) is 2.39. The van der Waals surface area contributed by atoms with Crippen LogP contribution in [0.1, 0.15) is 40.9 Å². The number of nitriles is 1. The molecule has 1 aliphatic heterocycles. The Labute approximate surface area is 147 Å². The van der Waals surface area contributed by atoms with E-state index in [-0.39, 0.29) is 17.6 Å². The van der Waals surface area contributed by atoms with Crippen molar-refractivity contribution < 1.29 is 14.3 Å². The average molecular weight is 342 g/mol. The normalized spacial score (nSPS) is 19.7. The summed E-state index contributed by atoms with van der Waals surface area (Å²) in [6.07, 6.45) is 2.57. The molecular formula is C18H22N4O3. The fourth-order valence-electron chi connectivity index (χ4n) is 3.40. The predicted molar refractivity (Wildman–Crippen MR) is 91.3 cm³/mol. The van der Waals surface area contributed by atoms with E-state index in [4.69, 9.17) is 4.74 Å². The van der Waals surface area contributed by atoms with Gasteiger partial charge in [-0.25, -0.2) is 4.98 Å². The molecule has 0 bridgehead atoms. The van der Waals surface area contributed by atoms with E-state index in [1.54, 1.807) is 18.1 Å². The molecule has 1 N–H and O–H groups in total. The highest BCUT2D eigenvalue weighted by Crippen LogP contribution is 2.25. The molecule has 25 heavy (non-hydrogen) atoms. The van der Waals surface area contributed by atoms with Gasteiger partial charge in [0.1, 0.15) is 11.9 Å². The number of aryl methyl sites for hydroxylation is 1. The van der Waals surface area contributed by atoms with Crippen LogP contribution in [0.3, 0.4) is 0 Å². The van der Waals surface area contributed by atoms with Crippen LogP contribution in [0, 0.1) is 17.2 Å². The number of aromatic nitrogens is 1. The third kappa shape index (κ3) is 3.80. The Bertz CT molecular complexity index is 726. The molecule has 1 unspecified atom stereocenters. The summed E-state index contributed by atoms with van der Waals surface area (Å²) in [7, 11) is 1.62. The molecule has 1 atom stereocenters. The third-order valence-electron chi connectivity index (χ3n) is 4.76. The molecule has 1 aromatic heterocycles. The first-order valence-electron chi connectivity index (χ1n) is 8.60. The number of nitrogens with zero attached hydrogens (tertiary/aromatic N) is 3. The van der Waals surface area contributed by atoms with Gasteiger partial charge in [-0.1, -0.05) is 0 Å². The van der Waals surface area contributed by atoms with Gasteiger partial charge in [-0.15, -0.1) is 0 Å². The van der Waals surface area contributed by atoms with Crippen LogP contribution in [-0.4, -0.2) is 54.9 Å². The second kappa shape index (κ2) is 7.62. The summed E-state index contributed by atoms with van der Waals surface area (Å²) < 4.78 is 5.03. The minimum absolute atomic E-state index is 0.0620. The molecule has 0 radical (unpaired) electrons. The van der Waals surface area contributed by atoms with E-state index in [0.717, 1.165) is 18.5 Å². The second-order valence-electron chi connectivity index (χ2n) is 6.55. The Morgan fingerprint density at radius 3 is 3.04 bits per heavy atom. The monoisotopic (exact) mass is 342 g/mol. The van der Waals surface area contributed by atoms with Crippen LogP contribution in [0.15, 0.2) is 6.07 Å². The van der Waals surface area contributed by atoms with Gasteiger partial charge in [-0.2, -0.15) is 5.26 Å². The number of anilines is 1. The Morgan fingerprint density at radius 2 is 2.28 bits per heavy atom. The number of pyridine rings is 1. The fraction of sp³-hybridized carbons (Fsp3) is 0.556. The first-order chi connectivity index (χ1) is 12.1. The lowest BCUT2D eigenvalue weighted by Crippen LogP contribution is -2.29. The lowest BCUT2D eigenvalue weighted by atomic mass is 9.93. The third-order valence-corrected chi connectivity index (χ3v) is 4.76. The van der Waals surface area contributed by atoms with E-state index in [1.165, 1.54) is 0 Å². The van der Waals surface area contributed by atoms with Gasteiger partial charge in [0, 0.05) is 51.1 Å². The number of carbonyl (C=O) groups is 2. The summed E-state index contributed by atoms with van der Waals surface area (Å²) in [5.74, 6) is 0.884. The summed E-state index contributed by atoms with van der Waals surface area (Å²) in [5.41, 5.74) is 1.73. The number of methoxy groups -OCH3 is 1. The van der Waals surface area contributed by atoms with Crippen LogP contribution in [-0.2, 0) is 16.0 Å². The molecule has 0 saturated carbocycles. The van der Waals surface area contributed by atoms with E-state index < -0.39 is 0 Å². The second-order valence-corrected chi connectivity index (χ2v) is 6.55. The van der Waals surface area contributed by atoms with Crippen LogP contribution < -0.4 is 5.32 Å². The zero-order chi connectivity index (χ0) is 17.8. The Morgan fingerprint density at radius 1 is 1.44 bits per heavy atom. The molecule has 3 rings (SSSR count). The molecule has 2 heterocycles. The number of hydrogen-bond donors (Lipinski definition) is 1. The maximum atomic E-state index is 12.0. The number of amides is 1.